The Morgan fingerprint density at radius 2 is 2.10 bits per heavy atom. The quantitative estimate of drug-likeness (QED) is 0.797. The van der Waals surface area contributed by atoms with Gasteiger partial charge in [-0.25, -0.2) is 8.42 Å². The molecule has 0 saturated carbocycles. The van der Waals surface area contributed by atoms with Crippen LogP contribution in [0.5, 0.6) is 5.75 Å². The number of nitrogens with zero attached hydrogens (tertiary/aromatic N) is 1. The molecule has 0 aliphatic heterocycles. The van der Waals surface area contributed by atoms with Gasteiger partial charge >= 0.3 is 0 Å². The Morgan fingerprint density at radius 3 is 2.70 bits per heavy atom. The largest absolute Gasteiger partial charge is 0.493 e. The van der Waals surface area contributed by atoms with Crippen LogP contribution in [-0.2, 0) is 15.5 Å². The summed E-state index contributed by atoms with van der Waals surface area (Å²) in [6, 6.07) is 8.57. The molecular weight excluding hydrogens is 298 g/mol. The van der Waals surface area contributed by atoms with E-state index in [0.717, 1.165) is 12.0 Å². The van der Waals surface area contributed by atoms with Crippen molar-refractivity contribution in [3.8, 4) is 5.75 Å². The predicted molar refractivity (Wildman–Crippen MR) is 77.7 cm³/mol. The fourth-order valence-electron chi connectivity index (χ4n) is 1.82. The van der Waals surface area contributed by atoms with E-state index in [2.05, 4.69) is 4.98 Å². The van der Waals surface area contributed by atoms with E-state index < -0.39 is 9.05 Å². The highest BCUT2D eigenvalue weighted by Crippen LogP contribution is 2.24. The molecule has 0 aliphatic rings. The average Bonchev–Trinajstić information content (AvgIpc) is 2.38. The topological polar surface area (TPSA) is 56.3 Å². The Kier molecular flexibility index (Phi) is 4.62. The zero-order valence-electron chi connectivity index (χ0n) is 10.9. The van der Waals surface area contributed by atoms with E-state index >= 15 is 0 Å². The number of rotatable bonds is 5. The SMILES string of the molecule is Cc1cc(OCCc2cccnc2)ccc1S(=O)(=O)Cl. The highest BCUT2D eigenvalue weighted by atomic mass is 35.7. The van der Waals surface area contributed by atoms with Crippen LogP contribution in [0.2, 0.25) is 0 Å². The number of pyridine rings is 1. The smallest absolute Gasteiger partial charge is 0.261 e. The molecule has 20 heavy (non-hydrogen) atoms. The Labute approximate surface area is 122 Å². The third-order valence-corrected chi connectivity index (χ3v) is 4.27. The average molecular weight is 312 g/mol. The monoisotopic (exact) mass is 311 g/mol. The Bertz CT molecular complexity index is 687. The minimum Gasteiger partial charge on any atom is -0.493 e. The fraction of sp³-hybridized carbons (Fsp3) is 0.214. The summed E-state index contributed by atoms with van der Waals surface area (Å²) in [6.07, 6.45) is 4.25. The molecule has 0 bridgehead atoms. The Morgan fingerprint density at radius 1 is 1.30 bits per heavy atom. The van der Waals surface area contributed by atoms with Crippen LogP contribution < -0.4 is 4.74 Å². The van der Waals surface area contributed by atoms with Gasteiger partial charge in [0.25, 0.3) is 9.05 Å². The van der Waals surface area contributed by atoms with Crippen LogP contribution >= 0.6 is 10.7 Å². The van der Waals surface area contributed by atoms with Gasteiger partial charge in [-0.3, -0.25) is 4.98 Å². The lowest BCUT2D eigenvalue weighted by molar-refractivity contribution is 0.321. The second kappa shape index (κ2) is 6.24. The summed E-state index contributed by atoms with van der Waals surface area (Å²) in [6.45, 7) is 2.18. The van der Waals surface area contributed by atoms with Crippen molar-refractivity contribution in [2.75, 3.05) is 6.61 Å². The van der Waals surface area contributed by atoms with Crippen LogP contribution in [0, 0.1) is 6.92 Å². The van der Waals surface area contributed by atoms with E-state index in [1.54, 1.807) is 31.5 Å². The lowest BCUT2D eigenvalue weighted by Crippen LogP contribution is -2.02. The lowest BCUT2D eigenvalue weighted by atomic mass is 10.2. The molecule has 0 radical (unpaired) electrons. The minimum atomic E-state index is -3.71. The van der Waals surface area contributed by atoms with Gasteiger partial charge in [-0.2, -0.15) is 0 Å². The summed E-state index contributed by atoms with van der Waals surface area (Å²) < 4.78 is 28.2. The van der Waals surface area contributed by atoms with Crippen molar-refractivity contribution in [2.45, 2.75) is 18.2 Å². The van der Waals surface area contributed by atoms with Crippen molar-refractivity contribution in [2.24, 2.45) is 0 Å². The molecule has 0 unspecified atom stereocenters. The molecule has 0 spiro atoms. The van der Waals surface area contributed by atoms with Crippen molar-refractivity contribution < 1.29 is 13.2 Å². The maximum Gasteiger partial charge on any atom is 0.261 e. The van der Waals surface area contributed by atoms with E-state index in [1.807, 2.05) is 12.1 Å². The molecule has 1 heterocycles. The summed E-state index contributed by atoms with van der Waals surface area (Å²) in [5.74, 6) is 0.621. The molecule has 106 valence electrons. The van der Waals surface area contributed by atoms with Gasteiger partial charge in [-0.1, -0.05) is 6.07 Å². The van der Waals surface area contributed by atoms with Gasteiger partial charge in [0.05, 0.1) is 11.5 Å². The van der Waals surface area contributed by atoms with Gasteiger partial charge in [0, 0.05) is 29.5 Å². The molecule has 0 saturated heterocycles. The summed E-state index contributed by atoms with van der Waals surface area (Å²) in [5.41, 5.74) is 1.66. The molecule has 2 rings (SSSR count). The summed E-state index contributed by atoms with van der Waals surface area (Å²) in [7, 11) is 1.62. The van der Waals surface area contributed by atoms with Gasteiger partial charge < -0.3 is 4.74 Å². The molecule has 0 N–H and O–H groups in total. The number of hydrogen-bond acceptors (Lipinski definition) is 4. The molecule has 6 heteroatoms. The van der Waals surface area contributed by atoms with Crippen LogP contribution in [-0.4, -0.2) is 20.0 Å². The minimum absolute atomic E-state index is 0.110. The van der Waals surface area contributed by atoms with Crippen molar-refractivity contribution in [3.05, 3.63) is 53.9 Å². The molecule has 1 aromatic carbocycles. The first kappa shape index (κ1) is 14.8. The second-order valence-corrected chi connectivity index (χ2v) is 6.86. The number of aryl methyl sites for hydroxylation is 1. The molecule has 0 atom stereocenters. The lowest BCUT2D eigenvalue weighted by Gasteiger charge is -2.08. The van der Waals surface area contributed by atoms with Gasteiger partial charge in [0.15, 0.2) is 0 Å². The fourth-order valence-corrected chi connectivity index (χ4v) is 3.01. The molecule has 0 amide bonds. The molecule has 1 aromatic heterocycles. The normalized spacial score (nSPS) is 11.3. The number of hydrogen-bond donors (Lipinski definition) is 0. The first-order valence-corrected chi connectivity index (χ1v) is 8.35. The molecule has 0 aliphatic carbocycles. The summed E-state index contributed by atoms with van der Waals surface area (Å²) in [4.78, 5) is 4.14. The molecule has 0 fully saturated rings. The number of aromatic nitrogens is 1. The highest BCUT2D eigenvalue weighted by Gasteiger charge is 2.13. The molecular formula is C14H14ClNO3S. The van der Waals surface area contributed by atoms with E-state index in [4.69, 9.17) is 15.4 Å². The molecule has 2 aromatic rings. The van der Waals surface area contributed by atoms with Crippen molar-refractivity contribution in [3.63, 3.8) is 0 Å². The Hall–Kier alpha value is -1.59. The summed E-state index contributed by atoms with van der Waals surface area (Å²) >= 11 is 0. The van der Waals surface area contributed by atoms with E-state index in [9.17, 15) is 8.42 Å². The maximum absolute atomic E-state index is 11.3. The zero-order valence-corrected chi connectivity index (χ0v) is 12.5. The van der Waals surface area contributed by atoms with Gasteiger partial charge in [-0.05, 0) is 42.3 Å². The standard InChI is InChI=1S/C14H14ClNO3S/c1-11-9-13(4-5-14(11)20(15,17)18)19-8-6-12-3-2-7-16-10-12/h2-5,7,9-10H,6,8H2,1H3. The van der Waals surface area contributed by atoms with Crippen LogP contribution in [0.3, 0.4) is 0 Å². The van der Waals surface area contributed by atoms with Crippen LogP contribution in [0.4, 0.5) is 0 Å². The summed E-state index contributed by atoms with van der Waals surface area (Å²) in [5, 5.41) is 0. The predicted octanol–water partition coefficient (Wildman–Crippen LogP) is 2.94. The first-order chi connectivity index (χ1) is 9.47. The number of ether oxygens (including phenoxy) is 1. The van der Waals surface area contributed by atoms with Gasteiger partial charge in [0.2, 0.25) is 0 Å². The van der Waals surface area contributed by atoms with E-state index in [1.165, 1.54) is 6.07 Å². The highest BCUT2D eigenvalue weighted by molar-refractivity contribution is 8.13. The van der Waals surface area contributed by atoms with Gasteiger partial charge in [0.1, 0.15) is 5.75 Å². The third-order valence-electron chi connectivity index (χ3n) is 2.79. The molecule has 4 nitrogen and oxygen atoms in total. The van der Waals surface area contributed by atoms with E-state index in [-0.39, 0.29) is 4.90 Å². The third kappa shape index (κ3) is 3.95. The maximum atomic E-state index is 11.3. The van der Waals surface area contributed by atoms with Crippen molar-refractivity contribution >= 4 is 19.7 Å². The zero-order chi connectivity index (χ0) is 14.6. The van der Waals surface area contributed by atoms with Crippen LogP contribution in [0.1, 0.15) is 11.1 Å². The van der Waals surface area contributed by atoms with Crippen molar-refractivity contribution in [1.29, 1.82) is 0 Å². The van der Waals surface area contributed by atoms with Crippen molar-refractivity contribution in [1.82, 2.24) is 4.98 Å². The first-order valence-electron chi connectivity index (χ1n) is 6.04. The Balaban J connectivity index is 1.99. The van der Waals surface area contributed by atoms with E-state index in [0.29, 0.717) is 17.9 Å². The second-order valence-electron chi connectivity index (χ2n) is 4.32. The van der Waals surface area contributed by atoms with Crippen LogP contribution in [0.15, 0.2) is 47.6 Å². The van der Waals surface area contributed by atoms with Gasteiger partial charge in [-0.15, -0.1) is 0 Å². The number of benzene rings is 1. The van der Waals surface area contributed by atoms with Crippen LogP contribution in [0.25, 0.3) is 0 Å². The number of halogens is 1.